The average Bonchev–Trinajstić information content (AvgIpc) is 3.11. The predicted octanol–water partition coefficient (Wildman–Crippen LogP) is 2.77. The molecule has 0 aromatic heterocycles. The van der Waals surface area contributed by atoms with E-state index in [0.29, 0.717) is 29.7 Å². The molecule has 1 heterocycles. The molecule has 1 unspecified atom stereocenters. The number of aliphatic carboxylic acids is 1. The van der Waals surface area contributed by atoms with Gasteiger partial charge in [-0.2, -0.15) is 0 Å². The Bertz CT molecular complexity index is 826. The lowest BCUT2D eigenvalue weighted by molar-refractivity contribution is -0.141. The zero-order valence-electron chi connectivity index (χ0n) is 13.9. The van der Waals surface area contributed by atoms with Crippen LogP contribution in [0, 0.1) is 12.8 Å². The quantitative estimate of drug-likeness (QED) is 0.871. The molecule has 1 N–H and O–H groups in total. The molecule has 1 amide bonds. The molecule has 0 aliphatic carbocycles. The first-order valence-corrected chi connectivity index (χ1v) is 8.20. The molecular formula is C20H19NO4. The van der Waals surface area contributed by atoms with Crippen LogP contribution in [-0.2, 0) is 4.79 Å². The zero-order valence-corrected chi connectivity index (χ0v) is 13.9. The molecule has 25 heavy (non-hydrogen) atoms. The number of hydrogen-bond donors (Lipinski definition) is 1. The normalized spacial score (nSPS) is 16.7. The summed E-state index contributed by atoms with van der Waals surface area (Å²) < 4.78 is 0. The molecule has 3 rings (SSSR count). The molecule has 128 valence electrons. The van der Waals surface area contributed by atoms with Gasteiger partial charge in [-0.25, -0.2) is 0 Å². The van der Waals surface area contributed by atoms with Gasteiger partial charge in [-0.3, -0.25) is 14.4 Å². The second kappa shape index (κ2) is 6.89. The number of nitrogens with zero attached hydrogens (tertiary/aromatic N) is 1. The van der Waals surface area contributed by atoms with E-state index in [1.54, 1.807) is 36.4 Å². The number of aryl methyl sites for hydroxylation is 1. The highest BCUT2D eigenvalue weighted by Gasteiger charge is 2.32. The summed E-state index contributed by atoms with van der Waals surface area (Å²) in [4.78, 5) is 38.2. The van der Waals surface area contributed by atoms with E-state index in [2.05, 4.69) is 0 Å². The number of rotatable bonds is 4. The lowest BCUT2D eigenvalue weighted by atomic mass is 9.97. The van der Waals surface area contributed by atoms with Crippen LogP contribution in [0.4, 0.5) is 0 Å². The first-order valence-electron chi connectivity index (χ1n) is 8.20. The van der Waals surface area contributed by atoms with Gasteiger partial charge in [0.1, 0.15) is 0 Å². The van der Waals surface area contributed by atoms with Gasteiger partial charge in [0.05, 0.1) is 11.5 Å². The van der Waals surface area contributed by atoms with E-state index in [1.165, 1.54) is 4.90 Å². The summed E-state index contributed by atoms with van der Waals surface area (Å²) in [6.45, 7) is 2.52. The van der Waals surface area contributed by atoms with Crippen LogP contribution in [0.3, 0.4) is 0 Å². The monoisotopic (exact) mass is 337 g/mol. The summed E-state index contributed by atoms with van der Waals surface area (Å²) in [5.41, 5.74) is 2.24. The summed E-state index contributed by atoms with van der Waals surface area (Å²) in [7, 11) is 0. The van der Waals surface area contributed by atoms with E-state index >= 15 is 0 Å². The van der Waals surface area contributed by atoms with E-state index in [9.17, 15) is 14.4 Å². The molecule has 1 aliphatic rings. The Morgan fingerprint density at radius 2 is 1.64 bits per heavy atom. The van der Waals surface area contributed by atoms with E-state index in [-0.39, 0.29) is 18.2 Å². The number of carboxylic acids is 1. The number of ketones is 1. The molecule has 2 aromatic rings. The molecule has 0 radical (unpaired) electrons. The molecule has 1 saturated heterocycles. The van der Waals surface area contributed by atoms with Crippen LogP contribution in [0.25, 0.3) is 0 Å². The molecule has 1 atom stereocenters. The van der Waals surface area contributed by atoms with Crippen LogP contribution in [0.1, 0.15) is 38.3 Å². The summed E-state index contributed by atoms with van der Waals surface area (Å²) in [5, 5.41) is 9.11. The predicted molar refractivity (Wildman–Crippen MR) is 92.7 cm³/mol. The maximum atomic E-state index is 12.8. The minimum Gasteiger partial charge on any atom is -0.481 e. The van der Waals surface area contributed by atoms with Gasteiger partial charge in [0.2, 0.25) is 0 Å². The highest BCUT2D eigenvalue weighted by atomic mass is 16.4. The van der Waals surface area contributed by atoms with E-state index in [4.69, 9.17) is 5.11 Å². The third-order valence-electron chi connectivity index (χ3n) is 4.54. The van der Waals surface area contributed by atoms with E-state index < -0.39 is 11.9 Å². The molecule has 0 bridgehead atoms. The van der Waals surface area contributed by atoms with Gasteiger partial charge in [0, 0.05) is 24.2 Å². The number of amides is 1. The third kappa shape index (κ3) is 3.45. The van der Waals surface area contributed by atoms with Crippen LogP contribution in [0.15, 0.2) is 48.5 Å². The first-order chi connectivity index (χ1) is 12.0. The number of carboxylic acid groups (broad SMARTS) is 1. The van der Waals surface area contributed by atoms with Crippen LogP contribution >= 0.6 is 0 Å². The summed E-state index contributed by atoms with van der Waals surface area (Å²) in [5.74, 6) is -1.93. The molecule has 1 aliphatic heterocycles. The molecular weight excluding hydrogens is 318 g/mol. The van der Waals surface area contributed by atoms with Crippen LogP contribution in [0.5, 0.6) is 0 Å². The molecule has 5 nitrogen and oxygen atoms in total. The van der Waals surface area contributed by atoms with Gasteiger partial charge in [-0.15, -0.1) is 0 Å². The molecule has 1 fully saturated rings. The maximum Gasteiger partial charge on any atom is 0.308 e. The Balaban J connectivity index is 1.88. The highest BCUT2D eigenvalue weighted by molar-refractivity contribution is 6.15. The van der Waals surface area contributed by atoms with Gasteiger partial charge < -0.3 is 10.0 Å². The molecule has 2 aromatic carbocycles. The topological polar surface area (TPSA) is 74.7 Å². The van der Waals surface area contributed by atoms with Crippen molar-refractivity contribution in [3.05, 3.63) is 70.8 Å². The van der Waals surface area contributed by atoms with Crippen LogP contribution < -0.4 is 0 Å². The number of likely N-dealkylation sites (tertiary alicyclic amines) is 1. The second-order valence-corrected chi connectivity index (χ2v) is 6.32. The second-order valence-electron chi connectivity index (χ2n) is 6.32. The standard InChI is InChI=1S/C20H19NO4/c1-13-6-8-14(9-7-13)18(22)16-4-2-3-5-17(16)19(23)21-11-10-15(12-21)20(24)25/h2-9,15H,10-12H2,1H3,(H,24,25). The van der Waals surface area contributed by atoms with Crippen molar-refractivity contribution in [1.29, 1.82) is 0 Å². The minimum atomic E-state index is -0.890. The number of benzene rings is 2. The maximum absolute atomic E-state index is 12.8. The summed E-state index contributed by atoms with van der Waals surface area (Å²) in [6.07, 6.45) is 0.440. The van der Waals surface area contributed by atoms with Crippen molar-refractivity contribution < 1.29 is 19.5 Å². The van der Waals surface area contributed by atoms with Gasteiger partial charge in [0.15, 0.2) is 5.78 Å². The highest BCUT2D eigenvalue weighted by Crippen LogP contribution is 2.22. The van der Waals surface area contributed by atoms with Crippen molar-refractivity contribution in [1.82, 2.24) is 4.90 Å². The third-order valence-corrected chi connectivity index (χ3v) is 4.54. The first kappa shape index (κ1) is 16.9. The fraction of sp³-hybridized carbons (Fsp3) is 0.250. The van der Waals surface area contributed by atoms with Gasteiger partial charge >= 0.3 is 5.97 Å². The number of carbonyl (C=O) groups excluding carboxylic acids is 2. The molecule has 0 spiro atoms. The Kier molecular flexibility index (Phi) is 4.65. The fourth-order valence-electron chi connectivity index (χ4n) is 3.04. The minimum absolute atomic E-state index is 0.182. The SMILES string of the molecule is Cc1ccc(C(=O)c2ccccc2C(=O)N2CCC(C(=O)O)C2)cc1. The molecule has 5 heteroatoms. The summed E-state index contributed by atoms with van der Waals surface area (Å²) in [6, 6.07) is 13.9. The van der Waals surface area contributed by atoms with Crippen molar-refractivity contribution >= 4 is 17.7 Å². The van der Waals surface area contributed by atoms with Crippen LogP contribution in [0.2, 0.25) is 0 Å². The summed E-state index contributed by atoms with van der Waals surface area (Å²) >= 11 is 0. The van der Waals surface area contributed by atoms with Crippen molar-refractivity contribution in [2.45, 2.75) is 13.3 Å². The Hall–Kier alpha value is -2.95. The average molecular weight is 337 g/mol. The largest absolute Gasteiger partial charge is 0.481 e. The fourth-order valence-corrected chi connectivity index (χ4v) is 3.04. The Morgan fingerprint density at radius 1 is 1.00 bits per heavy atom. The van der Waals surface area contributed by atoms with Crippen molar-refractivity contribution in [3.8, 4) is 0 Å². The van der Waals surface area contributed by atoms with Gasteiger partial charge in [-0.1, -0.05) is 48.0 Å². The van der Waals surface area contributed by atoms with Crippen molar-refractivity contribution in [2.75, 3.05) is 13.1 Å². The zero-order chi connectivity index (χ0) is 18.0. The Morgan fingerprint density at radius 3 is 2.24 bits per heavy atom. The lowest BCUT2D eigenvalue weighted by Gasteiger charge is -2.17. The number of hydrogen-bond acceptors (Lipinski definition) is 3. The van der Waals surface area contributed by atoms with E-state index in [0.717, 1.165) is 5.56 Å². The molecule has 0 saturated carbocycles. The lowest BCUT2D eigenvalue weighted by Crippen LogP contribution is -2.31. The smallest absolute Gasteiger partial charge is 0.308 e. The van der Waals surface area contributed by atoms with Gasteiger partial charge in [0.25, 0.3) is 5.91 Å². The van der Waals surface area contributed by atoms with Crippen molar-refractivity contribution in [3.63, 3.8) is 0 Å². The van der Waals surface area contributed by atoms with E-state index in [1.807, 2.05) is 19.1 Å². The van der Waals surface area contributed by atoms with Crippen LogP contribution in [-0.4, -0.2) is 40.8 Å². The van der Waals surface area contributed by atoms with Gasteiger partial charge in [-0.05, 0) is 19.4 Å². The Labute approximate surface area is 145 Å². The van der Waals surface area contributed by atoms with Crippen molar-refractivity contribution in [2.24, 2.45) is 5.92 Å². The number of carbonyl (C=O) groups is 3.